The molecular weight excluding hydrogens is 900 g/mol. The highest BCUT2D eigenvalue weighted by Crippen LogP contribution is 2.47. The lowest BCUT2D eigenvalue weighted by Crippen LogP contribution is -2.55. The van der Waals surface area contributed by atoms with Gasteiger partial charge in [-0.25, -0.2) is 4.57 Å². The molecule has 68 heavy (non-hydrogen) atoms. The van der Waals surface area contributed by atoms with Crippen LogP contribution in [0.15, 0.2) is 48.6 Å². The van der Waals surface area contributed by atoms with Crippen LogP contribution in [-0.4, -0.2) is 127 Å². The zero-order valence-corrected chi connectivity index (χ0v) is 41.7. The number of allylic oxidation sites excluding steroid dienone is 6. The number of carbonyl (C=O) groups excluding carboxylic acids is 3. The van der Waals surface area contributed by atoms with Crippen molar-refractivity contribution in [2.75, 3.05) is 13.2 Å². The van der Waals surface area contributed by atoms with Gasteiger partial charge in [0, 0.05) is 31.1 Å². The largest absolute Gasteiger partial charge is 0.472 e. The van der Waals surface area contributed by atoms with E-state index in [1.54, 1.807) is 6.08 Å². The van der Waals surface area contributed by atoms with E-state index < -0.39 is 112 Å². The Hall–Kier alpha value is -2.60. The molecule has 0 radical (unpaired) electrons. The van der Waals surface area contributed by atoms with Gasteiger partial charge in [-0.1, -0.05) is 140 Å². The van der Waals surface area contributed by atoms with E-state index in [-0.39, 0.29) is 19.3 Å². The second-order valence-electron chi connectivity index (χ2n) is 18.4. The molecule has 1 aliphatic carbocycles. The molecule has 0 aromatic carbocycles. The van der Waals surface area contributed by atoms with Crippen molar-refractivity contribution in [2.45, 2.75) is 229 Å². The number of carbonyl (C=O) groups is 3. The van der Waals surface area contributed by atoms with Crippen molar-refractivity contribution in [1.82, 2.24) is 0 Å². The zero-order valence-electron chi connectivity index (χ0n) is 40.9. The van der Waals surface area contributed by atoms with Gasteiger partial charge < -0.3 is 50.1 Å². The number of ether oxygens (including phenoxy) is 2. The van der Waals surface area contributed by atoms with Gasteiger partial charge in [0.25, 0.3) is 0 Å². The van der Waals surface area contributed by atoms with Crippen LogP contribution in [0.25, 0.3) is 0 Å². The van der Waals surface area contributed by atoms with Crippen molar-refractivity contribution >= 4 is 25.5 Å². The summed E-state index contributed by atoms with van der Waals surface area (Å²) in [6.07, 6.45) is 15.2. The molecule has 1 aliphatic heterocycles. The minimum absolute atomic E-state index is 0.0194. The zero-order chi connectivity index (χ0) is 50.2. The van der Waals surface area contributed by atoms with Gasteiger partial charge in [-0.05, 0) is 64.2 Å². The van der Waals surface area contributed by atoms with Crippen molar-refractivity contribution in [2.24, 2.45) is 11.8 Å². The number of phosphoric ester groups is 1. The maximum Gasteiger partial charge on any atom is 0.472 e. The molecule has 0 saturated heterocycles. The molecule has 0 aromatic rings. The van der Waals surface area contributed by atoms with Crippen LogP contribution in [0.5, 0.6) is 0 Å². The van der Waals surface area contributed by atoms with E-state index in [0.717, 1.165) is 64.2 Å². The fraction of sp³-hybridized carbons (Fsp3) is 0.784. The Bertz CT molecular complexity index is 1550. The first-order chi connectivity index (χ1) is 32.6. The molecule has 0 spiro atoms. The molecule has 0 amide bonds. The third kappa shape index (κ3) is 26.0. The van der Waals surface area contributed by atoms with Gasteiger partial charge >= 0.3 is 19.8 Å². The van der Waals surface area contributed by atoms with Crippen LogP contribution in [-0.2, 0) is 37.5 Å². The minimum Gasteiger partial charge on any atom is -0.462 e. The van der Waals surface area contributed by atoms with Gasteiger partial charge in [0.05, 0.1) is 31.0 Å². The number of fused-ring (bicyclic) bond motifs is 4. The number of unbranched alkanes of at least 4 members (excludes halogenated alkanes) is 14. The normalized spacial score (nSPS) is 30.8. The summed E-state index contributed by atoms with van der Waals surface area (Å²) < 4.78 is 34.7. The summed E-state index contributed by atoms with van der Waals surface area (Å²) in [5.74, 6) is -5.09. The number of aliphatic hydroxyl groups is 7. The fourth-order valence-electron chi connectivity index (χ4n) is 8.26. The Kier molecular flexibility index (Phi) is 32.9. The Morgan fingerprint density at radius 1 is 0.765 bits per heavy atom. The van der Waals surface area contributed by atoms with Crippen LogP contribution < -0.4 is 0 Å². The Morgan fingerprint density at radius 3 is 2.03 bits per heavy atom. The van der Waals surface area contributed by atoms with Crippen molar-refractivity contribution < 1.29 is 78.1 Å². The first kappa shape index (κ1) is 61.5. The average Bonchev–Trinajstić information content (AvgIpc) is 3.31. The molecule has 2 bridgehead atoms. The van der Waals surface area contributed by atoms with Crippen LogP contribution in [0.2, 0.25) is 0 Å². The van der Waals surface area contributed by atoms with Crippen LogP contribution in [0, 0.1) is 11.8 Å². The standard InChI is InChI=1S/C51H87O16P/c1-3-5-7-8-9-10-11-12-13-14-15-16-17-18-19-20-21-22-28-32-45(56)66-39-36-64-44(55)31-27-24-23-26-30-40-42(53)35-43(54)41(34-33-38(52)29-25-6-4-2)47(58)49(60)51(50(61)48(59)46(40)57)67-68(62,63)65-37-39/h9-10,12-13,23,26,33-34,38-41,43,46-52,54,57-61H,3-8,11,14-22,24-25,27-32,35-37H2,1-2H3,(H,62,63)/b10-9-,13-12-,26-23-,34-33+/t38-,39+,40-,41-,43+,46+,47+,48-,49+,50+,51+/m0/s1. The van der Waals surface area contributed by atoms with E-state index in [4.69, 9.17) is 18.5 Å². The van der Waals surface area contributed by atoms with Gasteiger partial charge in [0.15, 0.2) is 6.10 Å². The minimum atomic E-state index is -5.46. The first-order valence-corrected chi connectivity index (χ1v) is 27.0. The highest BCUT2D eigenvalue weighted by molar-refractivity contribution is 7.47. The summed E-state index contributed by atoms with van der Waals surface area (Å²) in [6, 6.07) is 0. The number of rotatable bonds is 25. The lowest BCUT2D eigenvalue weighted by molar-refractivity contribution is -0.166. The van der Waals surface area contributed by atoms with Crippen LogP contribution in [0.3, 0.4) is 0 Å². The van der Waals surface area contributed by atoms with E-state index in [1.807, 2.05) is 6.92 Å². The maximum absolute atomic E-state index is 13.6. The quantitative estimate of drug-likeness (QED) is 0.0193. The molecular formula is C51H87O16P. The third-order valence-corrected chi connectivity index (χ3v) is 13.5. The number of hydrogen-bond acceptors (Lipinski definition) is 15. The Labute approximate surface area is 405 Å². The molecule has 2 aliphatic rings. The Balaban J connectivity index is 2.09. The smallest absolute Gasteiger partial charge is 0.462 e. The highest BCUT2D eigenvalue weighted by Gasteiger charge is 2.49. The maximum atomic E-state index is 13.6. The summed E-state index contributed by atoms with van der Waals surface area (Å²) in [5.41, 5.74) is 0. The van der Waals surface area contributed by atoms with Gasteiger partial charge in [0.2, 0.25) is 0 Å². The van der Waals surface area contributed by atoms with Crippen LogP contribution in [0.4, 0.5) is 0 Å². The summed E-state index contributed by atoms with van der Waals surface area (Å²) in [6.45, 7) is 2.78. The SMILES string of the molecule is CCCCC/C=C\C/C=C\CCCCCCCCCCCC(=O)O[C@@H]1COC(=O)CCC/C=C\C[C@H]2C(=O)C[C@@H](O)[C@H](/C=C/[C@@H](O)CCCCC)[C@@H](O)[C@@H](O)[C@@H](OP(=O)(O)OC1)[C@H](O)[C@@H](O)[C@@H]2O. The number of phosphoric acid groups is 1. The monoisotopic (exact) mass is 987 g/mol. The molecule has 8 N–H and O–H groups in total. The van der Waals surface area contributed by atoms with Gasteiger partial charge in [-0.2, -0.15) is 0 Å². The molecule has 392 valence electrons. The summed E-state index contributed by atoms with van der Waals surface area (Å²) >= 11 is 0. The predicted molar refractivity (Wildman–Crippen MR) is 259 cm³/mol. The van der Waals surface area contributed by atoms with Crippen LogP contribution in [0.1, 0.15) is 174 Å². The van der Waals surface area contributed by atoms with E-state index >= 15 is 0 Å². The highest BCUT2D eigenvalue weighted by atomic mass is 31.2. The molecule has 2 rings (SSSR count). The van der Waals surface area contributed by atoms with Crippen molar-refractivity contribution in [1.29, 1.82) is 0 Å². The fourth-order valence-corrected chi connectivity index (χ4v) is 9.23. The third-order valence-electron chi connectivity index (χ3n) is 12.5. The number of esters is 2. The summed E-state index contributed by atoms with van der Waals surface area (Å²) in [7, 11) is -5.46. The summed E-state index contributed by atoms with van der Waals surface area (Å²) in [5, 5.41) is 78.7. The molecule has 17 heteroatoms. The van der Waals surface area contributed by atoms with Crippen molar-refractivity contribution in [3.8, 4) is 0 Å². The molecule has 0 aromatic heterocycles. The van der Waals surface area contributed by atoms with E-state index in [9.17, 15) is 59.6 Å². The molecule has 16 nitrogen and oxygen atoms in total. The van der Waals surface area contributed by atoms with Gasteiger partial charge in [-0.15, -0.1) is 0 Å². The number of cyclic esters (lactones) is 1. The van der Waals surface area contributed by atoms with E-state index in [0.29, 0.717) is 32.1 Å². The Morgan fingerprint density at radius 2 is 1.37 bits per heavy atom. The molecule has 1 fully saturated rings. The second kappa shape index (κ2) is 36.3. The lowest BCUT2D eigenvalue weighted by Gasteiger charge is -2.36. The first-order valence-electron chi connectivity index (χ1n) is 25.5. The predicted octanol–water partition coefficient (Wildman–Crippen LogP) is 7.32. The number of aliphatic hydroxyl groups excluding tert-OH is 7. The van der Waals surface area contributed by atoms with Crippen molar-refractivity contribution in [3.63, 3.8) is 0 Å². The lowest BCUT2D eigenvalue weighted by atomic mass is 9.84. The van der Waals surface area contributed by atoms with Gasteiger partial charge in [0.1, 0.15) is 36.8 Å². The number of ketones is 1. The topological polar surface area (TPSA) is 267 Å². The van der Waals surface area contributed by atoms with E-state index in [1.165, 1.54) is 56.8 Å². The summed E-state index contributed by atoms with van der Waals surface area (Å²) in [4.78, 5) is 50.2. The molecule has 1 saturated carbocycles. The van der Waals surface area contributed by atoms with Gasteiger partial charge in [-0.3, -0.25) is 23.4 Å². The molecule has 1 unspecified atom stereocenters. The average molecular weight is 987 g/mol. The second-order valence-corrected chi connectivity index (χ2v) is 19.9. The number of Topliss-reactive ketones (excluding diaryl/α,β-unsaturated/α-hetero) is 1. The van der Waals surface area contributed by atoms with Crippen LogP contribution >= 0.6 is 7.82 Å². The molecule has 12 atom stereocenters. The number of hydrogen-bond donors (Lipinski definition) is 8. The van der Waals surface area contributed by atoms with Crippen molar-refractivity contribution in [3.05, 3.63) is 48.6 Å². The molecule has 1 heterocycles. The van der Waals surface area contributed by atoms with E-state index in [2.05, 4.69) is 31.2 Å².